The molecule has 1 aromatic heterocycles. The maximum Gasteiger partial charge on any atom is 0.0670 e. The van der Waals surface area contributed by atoms with Gasteiger partial charge in [-0.05, 0) is 56.2 Å². The Morgan fingerprint density at radius 1 is 1.22 bits per heavy atom. The smallest absolute Gasteiger partial charge is 0.0670 e. The summed E-state index contributed by atoms with van der Waals surface area (Å²) < 4.78 is 3.32. The first-order chi connectivity index (χ1) is 8.54. The first-order valence-corrected chi connectivity index (χ1v) is 6.65. The summed E-state index contributed by atoms with van der Waals surface area (Å²) in [7, 11) is 0. The molecule has 0 saturated carbocycles. The summed E-state index contributed by atoms with van der Waals surface area (Å²) in [6.07, 6.45) is 0.467. The lowest BCUT2D eigenvalue weighted by Gasteiger charge is -2.11. The predicted octanol–water partition coefficient (Wildman–Crippen LogP) is 4.23. The third kappa shape index (κ3) is 2.21. The topological polar surface area (TPSA) is 28.7 Å². The van der Waals surface area contributed by atoms with Gasteiger partial charge in [-0.3, -0.25) is 0 Å². The monoisotopic (exact) mass is 302 g/mol. The number of hydrogen-bond donors (Lipinski definition) is 0. The van der Waals surface area contributed by atoms with Gasteiger partial charge in [0.15, 0.2) is 0 Å². The number of nitrogens with zero attached hydrogens (tertiary/aromatic N) is 2. The van der Waals surface area contributed by atoms with Crippen LogP contribution in [0.2, 0.25) is 0 Å². The van der Waals surface area contributed by atoms with Gasteiger partial charge in [-0.15, -0.1) is 0 Å². The maximum atomic E-state index is 8.83. The van der Waals surface area contributed by atoms with Gasteiger partial charge in [-0.2, -0.15) is 5.26 Å². The molecule has 0 aliphatic carbocycles. The van der Waals surface area contributed by atoms with Crippen molar-refractivity contribution in [1.29, 1.82) is 5.26 Å². The Bertz CT molecular complexity index is 633. The molecule has 0 saturated heterocycles. The van der Waals surface area contributed by atoms with Gasteiger partial charge < -0.3 is 4.57 Å². The number of halogens is 1. The first kappa shape index (κ1) is 12.9. The summed E-state index contributed by atoms with van der Waals surface area (Å²) in [5.74, 6) is 0. The van der Waals surface area contributed by atoms with E-state index in [1.165, 1.54) is 11.3 Å². The summed E-state index contributed by atoms with van der Waals surface area (Å²) in [4.78, 5) is 0. The molecular formula is C15H15BrN2. The van der Waals surface area contributed by atoms with Crippen LogP contribution in [-0.4, -0.2) is 4.57 Å². The largest absolute Gasteiger partial charge is 0.318 e. The predicted molar refractivity (Wildman–Crippen MR) is 77.0 cm³/mol. The van der Waals surface area contributed by atoms with E-state index >= 15 is 0 Å². The molecule has 0 aliphatic heterocycles. The zero-order chi connectivity index (χ0) is 13.3. The minimum absolute atomic E-state index is 0.467. The number of aromatic nitrogens is 1. The van der Waals surface area contributed by atoms with Gasteiger partial charge in [0.2, 0.25) is 0 Å². The van der Waals surface area contributed by atoms with Crippen molar-refractivity contribution in [3.05, 3.63) is 51.3 Å². The lowest BCUT2D eigenvalue weighted by atomic mass is 10.2. The average Bonchev–Trinajstić information content (AvgIpc) is 2.59. The van der Waals surface area contributed by atoms with E-state index < -0.39 is 0 Å². The minimum Gasteiger partial charge on any atom is -0.318 e. The molecule has 0 atom stereocenters. The zero-order valence-electron chi connectivity index (χ0n) is 10.8. The fourth-order valence-electron chi connectivity index (χ4n) is 2.26. The molecule has 0 unspecified atom stereocenters. The second kappa shape index (κ2) is 4.99. The Hall–Kier alpha value is -1.53. The molecule has 2 rings (SSSR count). The van der Waals surface area contributed by atoms with Gasteiger partial charge in [-0.25, -0.2) is 0 Å². The molecule has 0 spiro atoms. The molecule has 18 heavy (non-hydrogen) atoms. The third-order valence-corrected chi connectivity index (χ3v) is 4.09. The summed E-state index contributed by atoms with van der Waals surface area (Å²) in [5.41, 5.74) is 5.78. The molecule has 0 bridgehead atoms. The Labute approximate surface area is 116 Å². The quantitative estimate of drug-likeness (QED) is 0.816. The van der Waals surface area contributed by atoms with Gasteiger partial charge in [0.1, 0.15) is 0 Å². The SMILES string of the molecule is Cc1cc(-n2c(C)cc(CC#N)c2C)ccc1Br. The van der Waals surface area contributed by atoms with Crippen molar-refractivity contribution in [2.24, 2.45) is 0 Å². The van der Waals surface area contributed by atoms with E-state index in [4.69, 9.17) is 5.26 Å². The maximum absolute atomic E-state index is 8.83. The van der Waals surface area contributed by atoms with Crippen molar-refractivity contribution in [3.63, 3.8) is 0 Å². The number of rotatable bonds is 2. The summed E-state index contributed by atoms with van der Waals surface area (Å²) >= 11 is 3.52. The van der Waals surface area contributed by atoms with Crippen LogP contribution in [0.4, 0.5) is 0 Å². The molecular weight excluding hydrogens is 288 g/mol. The molecule has 0 N–H and O–H groups in total. The highest BCUT2D eigenvalue weighted by molar-refractivity contribution is 9.10. The van der Waals surface area contributed by atoms with Crippen LogP contribution in [0.5, 0.6) is 0 Å². The van der Waals surface area contributed by atoms with Crippen LogP contribution in [0.1, 0.15) is 22.5 Å². The standard InChI is InChI=1S/C15H15BrN2/c1-10-8-14(4-5-15(10)16)18-11(2)9-13(6-7-17)12(18)3/h4-5,8-9H,6H2,1-3H3. The van der Waals surface area contributed by atoms with E-state index in [1.807, 2.05) is 0 Å². The van der Waals surface area contributed by atoms with Crippen LogP contribution in [0.15, 0.2) is 28.7 Å². The van der Waals surface area contributed by atoms with Crippen molar-refractivity contribution < 1.29 is 0 Å². The van der Waals surface area contributed by atoms with E-state index in [1.54, 1.807) is 0 Å². The minimum atomic E-state index is 0.467. The van der Waals surface area contributed by atoms with E-state index in [0.717, 1.165) is 21.4 Å². The van der Waals surface area contributed by atoms with Gasteiger partial charge >= 0.3 is 0 Å². The Kier molecular flexibility index (Phi) is 3.58. The molecule has 0 radical (unpaired) electrons. The van der Waals surface area contributed by atoms with Crippen LogP contribution in [0.3, 0.4) is 0 Å². The molecule has 0 aliphatic rings. The number of hydrogen-bond acceptors (Lipinski definition) is 1. The van der Waals surface area contributed by atoms with Crippen molar-refractivity contribution in [2.75, 3.05) is 0 Å². The fourth-order valence-corrected chi connectivity index (χ4v) is 2.51. The van der Waals surface area contributed by atoms with Gasteiger partial charge in [0, 0.05) is 21.5 Å². The molecule has 2 aromatic rings. The molecule has 1 heterocycles. The second-order valence-electron chi connectivity index (χ2n) is 4.50. The van der Waals surface area contributed by atoms with Crippen LogP contribution in [0.25, 0.3) is 5.69 Å². The van der Waals surface area contributed by atoms with Gasteiger partial charge in [0.05, 0.1) is 12.5 Å². The Balaban J connectivity index is 2.57. The number of benzene rings is 1. The van der Waals surface area contributed by atoms with E-state index in [2.05, 4.69) is 71.6 Å². The summed E-state index contributed by atoms with van der Waals surface area (Å²) in [6, 6.07) is 10.6. The first-order valence-electron chi connectivity index (χ1n) is 5.86. The van der Waals surface area contributed by atoms with E-state index in [0.29, 0.717) is 6.42 Å². The van der Waals surface area contributed by atoms with Crippen LogP contribution in [-0.2, 0) is 6.42 Å². The van der Waals surface area contributed by atoms with Crippen molar-refractivity contribution in [2.45, 2.75) is 27.2 Å². The summed E-state index contributed by atoms with van der Waals surface area (Å²) in [5, 5.41) is 8.83. The lowest BCUT2D eigenvalue weighted by molar-refractivity contribution is 0.953. The van der Waals surface area contributed by atoms with Gasteiger partial charge in [-0.1, -0.05) is 15.9 Å². The number of nitriles is 1. The normalized spacial score (nSPS) is 10.4. The highest BCUT2D eigenvalue weighted by Gasteiger charge is 2.10. The lowest BCUT2D eigenvalue weighted by Crippen LogP contribution is -2.00. The highest BCUT2D eigenvalue weighted by Crippen LogP contribution is 2.24. The summed E-state index contributed by atoms with van der Waals surface area (Å²) in [6.45, 7) is 6.22. The molecule has 92 valence electrons. The van der Waals surface area contributed by atoms with E-state index in [-0.39, 0.29) is 0 Å². The molecule has 2 nitrogen and oxygen atoms in total. The van der Waals surface area contributed by atoms with Crippen molar-refractivity contribution >= 4 is 15.9 Å². The highest BCUT2D eigenvalue weighted by atomic mass is 79.9. The third-order valence-electron chi connectivity index (χ3n) is 3.21. The van der Waals surface area contributed by atoms with Crippen LogP contribution in [0, 0.1) is 32.1 Å². The second-order valence-corrected chi connectivity index (χ2v) is 5.35. The molecule has 1 aromatic carbocycles. The zero-order valence-corrected chi connectivity index (χ0v) is 12.4. The average molecular weight is 303 g/mol. The van der Waals surface area contributed by atoms with Crippen molar-refractivity contribution in [1.82, 2.24) is 4.57 Å². The molecule has 0 amide bonds. The molecule has 3 heteroatoms. The van der Waals surface area contributed by atoms with E-state index in [9.17, 15) is 0 Å². The Morgan fingerprint density at radius 2 is 1.94 bits per heavy atom. The van der Waals surface area contributed by atoms with Crippen LogP contribution >= 0.6 is 15.9 Å². The van der Waals surface area contributed by atoms with Crippen LogP contribution < -0.4 is 0 Å². The van der Waals surface area contributed by atoms with Crippen molar-refractivity contribution in [3.8, 4) is 11.8 Å². The fraction of sp³-hybridized carbons (Fsp3) is 0.267. The van der Waals surface area contributed by atoms with Gasteiger partial charge in [0.25, 0.3) is 0 Å². The Morgan fingerprint density at radius 3 is 2.56 bits per heavy atom. The molecule has 0 fully saturated rings. The number of aryl methyl sites for hydroxylation is 2.